The van der Waals surface area contributed by atoms with Crippen molar-refractivity contribution in [1.29, 1.82) is 0 Å². The molecule has 5 rings (SSSR count). The fraction of sp³-hybridized carbons (Fsp3) is 0.381. The maximum Gasteiger partial charge on any atom is 0.239 e. The first-order chi connectivity index (χ1) is 11.5. The molecule has 0 saturated carbocycles. The molecule has 1 amide bonds. The molecular weight excluding hydrogens is 296 g/mol. The van der Waals surface area contributed by atoms with Gasteiger partial charge in [0.15, 0.2) is 0 Å². The summed E-state index contributed by atoms with van der Waals surface area (Å²) in [6, 6.07) is 17.6. The Morgan fingerprint density at radius 3 is 2.04 bits per heavy atom. The summed E-state index contributed by atoms with van der Waals surface area (Å²) in [5.41, 5.74) is 10.9. The zero-order chi connectivity index (χ0) is 16.9. The van der Waals surface area contributed by atoms with Crippen molar-refractivity contribution in [2.24, 2.45) is 11.7 Å². The second-order valence-corrected chi connectivity index (χ2v) is 7.72. The van der Waals surface area contributed by atoms with Crippen LogP contribution in [0.15, 0.2) is 48.5 Å². The van der Waals surface area contributed by atoms with Crippen molar-refractivity contribution in [3.8, 4) is 0 Å². The van der Waals surface area contributed by atoms with E-state index < -0.39 is 5.54 Å². The number of carbonyl (C=O) groups is 1. The molecule has 0 heterocycles. The minimum absolute atomic E-state index is 0.0782. The van der Waals surface area contributed by atoms with Crippen LogP contribution >= 0.6 is 0 Å². The van der Waals surface area contributed by atoms with Gasteiger partial charge in [0, 0.05) is 18.4 Å². The van der Waals surface area contributed by atoms with Crippen LogP contribution in [-0.4, -0.2) is 18.0 Å². The standard InChI is InChI=1S/C21H24N2O/c1-21(2,22)20(24)23-12-13-11-18-14-7-3-5-9-16(14)19(13)17-10-6-4-8-15(17)18/h3-10,13,18-19H,11-12,22H2,1-2H3,(H,23,24). The van der Waals surface area contributed by atoms with Gasteiger partial charge in [0.05, 0.1) is 5.54 Å². The van der Waals surface area contributed by atoms with E-state index in [1.807, 2.05) is 0 Å². The van der Waals surface area contributed by atoms with Crippen LogP contribution in [0.4, 0.5) is 0 Å². The number of rotatable bonds is 3. The number of nitrogens with one attached hydrogen (secondary N) is 1. The van der Waals surface area contributed by atoms with Crippen molar-refractivity contribution in [1.82, 2.24) is 5.32 Å². The largest absolute Gasteiger partial charge is 0.354 e. The van der Waals surface area contributed by atoms with E-state index in [9.17, 15) is 4.79 Å². The average molecular weight is 320 g/mol. The second-order valence-electron chi connectivity index (χ2n) is 7.72. The van der Waals surface area contributed by atoms with Gasteiger partial charge in [-0.2, -0.15) is 0 Å². The first-order valence-electron chi connectivity index (χ1n) is 8.71. The Morgan fingerprint density at radius 1 is 1.04 bits per heavy atom. The van der Waals surface area contributed by atoms with Gasteiger partial charge < -0.3 is 11.1 Å². The molecule has 0 spiro atoms. The predicted octanol–water partition coefficient (Wildman–Crippen LogP) is 3.14. The molecular formula is C21H24N2O. The lowest BCUT2D eigenvalue weighted by atomic mass is 9.59. The fourth-order valence-electron chi connectivity index (χ4n) is 4.41. The van der Waals surface area contributed by atoms with Gasteiger partial charge in [-0.1, -0.05) is 48.5 Å². The zero-order valence-corrected chi connectivity index (χ0v) is 14.3. The number of carbonyl (C=O) groups excluding carboxylic acids is 1. The van der Waals surface area contributed by atoms with E-state index >= 15 is 0 Å². The fourth-order valence-corrected chi connectivity index (χ4v) is 4.41. The minimum atomic E-state index is -0.830. The Hall–Kier alpha value is -2.13. The number of nitrogens with two attached hydrogens (primary N) is 1. The van der Waals surface area contributed by atoms with E-state index in [1.165, 1.54) is 22.3 Å². The Kier molecular flexibility index (Phi) is 3.50. The van der Waals surface area contributed by atoms with Crippen LogP contribution in [0.1, 0.15) is 54.4 Å². The smallest absolute Gasteiger partial charge is 0.239 e. The lowest BCUT2D eigenvalue weighted by Crippen LogP contribution is -2.51. The molecule has 2 aromatic carbocycles. The van der Waals surface area contributed by atoms with Crippen LogP contribution in [0, 0.1) is 5.92 Å². The highest BCUT2D eigenvalue weighted by Gasteiger charge is 2.43. The molecule has 0 aromatic heterocycles. The first kappa shape index (κ1) is 15.4. The van der Waals surface area contributed by atoms with Gasteiger partial charge in [-0.15, -0.1) is 0 Å². The zero-order valence-electron chi connectivity index (χ0n) is 14.3. The van der Waals surface area contributed by atoms with Crippen molar-refractivity contribution in [2.75, 3.05) is 6.54 Å². The van der Waals surface area contributed by atoms with Crippen molar-refractivity contribution in [3.05, 3.63) is 70.8 Å². The van der Waals surface area contributed by atoms with Crippen LogP contribution in [0.3, 0.4) is 0 Å². The molecule has 1 atom stereocenters. The molecule has 124 valence electrons. The molecule has 24 heavy (non-hydrogen) atoms. The normalized spacial score (nSPS) is 24.2. The Morgan fingerprint density at radius 2 is 1.54 bits per heavy atom. The summed E-state index contributed by atoms with van der Waals surface area (Å²) in [5.74, 6) is 1.15. The Labute approximate surface area is 143 Å². The molecule has 2 aromatic rings. The molecule has 1 unspecified atom stereocenters. The lowest BCUT2D eigenvalue weighted by Gasteiger charge is -2.45. The van der Waals surface area contributed by atoms with Crippen LogP contribution in [0.5, 0.6) is 0 Å². The minimum Gasteiger partial charge on any atom is -0.354 e. The molecule has 0 aliphatic heterocycles. The van der Waals surface area contributed by atoms with E-state index in [4.69, 9.17) is 5.73 Å². The van der Waals surface area contributed by atoms with Gasteiger partial charge in [0.2, 0.25) is 5.91 Å². The van der Waals surface area contributed by atoms with E-state index in [0.29, 0.717) is 24.3 Å². The van der Waals surface area contributed by atoms with Crippen molar-refractivity contribution >= 4 is 5.91 Å². The third kappa shape index (κ3) is 2.35. The quantitative estimate of drug-likeness (QED) is 0.913. The van der Waals surface area contributed by atoms with E-state index in [2.05, 4.69) is 53.8 Å². The van der Waals surface area contributed by atoms with E-state index in [0.717, 1.165) is 6.42 Å². The van der Waals surface area contributed by atoms with Crippen LogP contribution in [-0.2, 0) is 4.79 Å². The maximum absolute atomic E-state index is 12.2. The van der Waals surface area contributed by atoms with Gasteiger partial charge in [0.1, 0.15) is 0 Å². The number of benzene rings is 2. The number of hydrogen-bond acceptors (Lipinski definition) is 2. The number of amides is 1. The SMILES string of the molecule is CC(C)(N)C(=O)NCC1CC2c3ccccc3C1c1ccccc12. The summed E-state index contributed by atoms with van der Waals surface area (Å²) < 4.78 is 0. The predicted molar refractivity (Wildman–Crippen MR) is 96.0 cm³/mol. The third-order valence-corrected chi connectivity index (χ3v) is 5.53. The van der Waals surface area contributed by atoms with Crippen LogP contribution < -0.4 is 11.1 Å². The molecule has 3 aliphatic carbocycles. The third-order valence-electron chi connectivity index (χ3n) is 5.53. The highest BCUT2D eigenvalue weighted by molar-refractivity contribution is 5.85. The molecule has 2 bridgehead atoms. The molecule has 0 saturated heterocycles. The molecule has 3 nitrogen and oxygen atoms in total. The highest BCUT2D eigenvalue weighted by atomic mass is 16.2. The van der Waals surface area contributed by atoms with Crippen LogP contribution in [0.25, 0.3) is 0 Å². The highest BCUT2D eigenvalue weighted by Crippen LogP contribution is 2.55. The topological polar surface area (TPSA) is 55.1 Å². The lowest BCUT2D eigenvalue weighted by molar-refractivity contribution is -0.125. The van der Waals surface area contributed by atoms with Crippen LogP contribution in [0.2, 0.25) is 0 Å². The van der Waals surface area contributed by atoms with Gasteiger partial charge in [-0.3, -0.25) is 4.79 Å². The summed E-state index contributed by atoms with van der Waals surface area (Å²) in [6.07, 6.45) is 1.09. The monoisotopic (exact) mass is 320 g/mol. The average Bonchev–Trinajstić information content (AvgIpc) is 2.59. The maximum atomic E-state index is 12.2. The number of fused-ring (bicyclic) bond motifs is 1. The van der Waals surface area contributed by atoms with E-state index in [1.54, 1.807) is 13.8 Å². The second kappa shape index (κ2) is 5.45. The molecule has 3 heteroatoms. The van der Waals surface area contributed by atoms with Gasteiger partial charge in [-0.05, 0) is 48.4 Å². The van der Waals surface area contributed by atoms with E-state index in [-0.39, 0.29) is 5.91 Å². The van der Waals surface area contributed by atoms with Crippen molar-refractivity contribution in [3.63, 3.8) is 0 Å². The Bertz CT molecular complexity index is 743. The summed E-state index contributed by atoms with van der Waals surface area (Å²) in [6.45, 7) is 4.18. The molecule has 0 fully saturated rings. The molecule has 0 radical (unpaired) electrons. The van der Waals surface area contributed by atoms with Crippen molar-refractivity contribution in [2.45, 2.75) is 37.6 Å². The molecule has 3 N–H and O–H groups in total. The van der Waals surface area contributed by atoms with Gasteiger partial charge in [0.25, 0.3) is 0 Å². The van der Waals surface area contributed by atoms with Crippen molar-refractivity contribution < 1.29 is 4.79 Å². The Balaban J connectivity index is 1.67. The van der Waals surface area contributed by atoms with Gasteiger partial charge in [-0.25, -0.2) is 0 Å². The summed E-state index contributed by atoms with van der Waals surface area (Å²) >= 11 is 0. The number of hydrogen-bond donors (Lipinski definition) is 2. The first-order valence-corrected chi connectivity index (χ1v) is 8.71. The molecule has 3 aliphatic rings. The van der Waals surface area contributed by atoms with Gasteiger partial charge >= 0.3 is 0 Å². The summed E-state index contributed by atoms with van der Waals surface area (Å²) in [7, 11) is 0. The summed E-state index contributed by atoms with van der Waals surface area (Å²) in [4.78, 5) is 12.2. The summed E-state index contributed by atoms with van der Waals surface area (Å²) in [5, 5.41) is 3.07.